The molecule has 1 heteroatoms. The zero-order valence-electron chi connectivity index (χ0n) is 4.96. The Labute approximate surface area is 56.7 Å². The molecular weight excluding hydrogens is 110 g/mol. The lowest BCUT2D eigenvalue weighted by Gasteiger charge is -1.88. The van der Waals surface area contributed by atoms with Crippen LogP contribution in [-0.2, 0) is 0 Å². The van der Waals surface area contributed by atoms with Gasteiger partial charge in [0, 0.05) is 0 Å². The fraction of sp³-hybridized carbons (Fsp3) is 0.250. The topological polar surface area (TPSA) is 16.6 Å². The van der Waals surface area contributed by atoms with E-state index in [9.17, 15) is 0 Å². The highest BCUT2D eigenvalue weighted by molar-refractivity contribution is 5.26. The van der Waals surface area contributed by atoms with Crippen LogP contribution in [0.25, 0.3) is 0 Å². The summed E-state index contributed by atoms with van der Waals surface area (Å²) in [5.74, 6) is 0. The van der Waals surface area contributed by atoms with E-state index < -0.39 is 0 Å². The van der Waals surface area contributed by atoms with Gasteiger partial charge in [0.2, 0.25) is 0 Å². The molecule has 0 radical (unpaired) electrons. The molecule has 1 nitrogen and oxygen atoms in total. The first kappa shape index (κ1) is 8.18. The van der Waals surface area contributed by atoms with Gasteiger partial charge >= 0.3 is 0 Å². The fourth-order valence-corrected chi connectivity index (χ4v) is 0.645. The van der Waals surface area contributed by atoms with Crippen LogP contribution in [0.2, 0.25) is 0 Å². The van der Waals surface area contributed by atoms with Gasteiger partial charge in [-0.25, -0.2) is 0 Å². The van der Waals surface area contributed by atoms with Crippen LogP contribution in [0.4, 0.5) is 5.69 Å². The number of hydrogen-bond donors (Lipinski definition) is 1. The minimum absolute atomic E-state index is 0. The lowest BCUT2D eigenvalue weighted by atomic mass is 10.3. The molecule has 0 saturated heterocycles. The third kappa shape index (κ3) is 2.29. The van der Waals surface area contributed by atoms with Crippen molar-refractivity contribution < 1.29 is 5.32 Å². The molecular formula is C8H14N+. The average molecular weight is 124 g/mol. The van der Waals surface area contributed by atoms with E-state index in [1.54, 1.807) is 0 Å². The van der Waals surface area contributed by atoms with E-state index in [4.69, 9.17) is 0 Å². The van der Waals surface area contributed by atoms with Crippen LogP contribution in [0.3, 0.4) is 0 Å². The summed E-state index contributed by atoms with van der Waals surface area (Å²) < 4.78 is 0. The highest BCUT2D eigenvalue weighted by atomic mass is 14.8. The van der Waals surface area contributed by atoms with Crippen LogP contribution in [0, 0.1) is 0 Å². The van der Waals surface area contributed by atoms with Crippen LogP contribution in [-0.4, -0.2) is 7.05 Å². The molecule has 0 unspecified atom stereocenters. The second kappa shape index (κ2) is 4.10. The summed E-state index contributed by atoms with van der Waals surface area (Å²) in [7, 11) is 2.04. The number of benzene rings is 1. The molecule has 0 spiro atoms. The molecule has 0 bridgehead atoms. The normalized spacial score (nSPS) is 8.11. The Bertz CT molecular complexity index is 146. The molecule has 0 aliphatic carbocycles. The van der Waals surface area contributed by atoms with Gasteiger partial charge in [-0.2, -0.15) is 0 Å². The van der Waals surface area contributed by atoms with Gasteiger partial charge in [-0.05, 0) is 12.1 Å². The van der Waals surface area contributed by atoms with E-state index in [2.05, 4.69) is 17.4 Å². The maximum atomic E-state index is 2.08. The third-order valence-electron chi connectivity index (χ3n) is 1.13. The minimum Gasteiger partial charge on any atom is -0.316 e. The molecule has 0 aliphatic heterocycles. The summed E-state index contributed by atoms with van der Waals surface area (Å²) in [4.78, 5) is 0. The van der Waals surface area contributed by atoms with E-state index in [1.807, 2.05) is 25.2 Å². The van der Waals surface area contributed by atoms with Crippen molar-refractivity contribution in [3.05, 3.63) is 30.3 Å². The van der Waals surface area contributed by atoms with E-state index in [0.717, 1.165) is 0 Å². The van der Waals surface area contributed by atoms with Gasteiger partial charge in [-0.15, -0.1) is 0 Å². The van der Waals surface area contributed by atoms with Crippen LogP contribution >= 0.6 is 0 Å². The van der Waals surface area contributed by atoms with Gasteiger partial charge in [0.05, 0.1) is 7.05 Å². The molecule has 9 heavy (non-hydrogen) atoms. The first-order chi connectivity index (χ1) is 3.93. The Kier molecular flexibility index (Phi) is 3.72. The molecule has 0 saturated carbocycles. The summed E-state index contributed by atoms with van der Waals surface area (Å²) in [6.45, 7) is 0. The maximum absolute atomic E-state index is 2.08. The quantitative estimate of drug-likeness (QED) is 0.541. The van der Waals surface area contributed by atoms with E-state index >= 15 is 0 Å². The van der Waals surface area contributed by atoms with Crippen molar-refractivity contribution in [1.29, 1.82) is 0 Å². The monoisotopic (exact) mass is 124 g/mol. The molecule has 1 rings (SSSR count). The Hall–Kier alpha value is -0.820. The second-order valence-electron chi connectivity index (χ2n) is 1.70. The SMILES string of the molecule is C.C[NH2+]c1ccccc1. The van der Waals surface area contributed by atoms with Crippen molar-refractivity contribution in [1.82, 2.24) is 0 Å². The van der Waals surface area contributed by atoms with Crippen LogP contribution in [0.5, 0.6) is 0 Å². The summed E-state index contributed by atoms with van der Waals surface area (Å²) in [5, 5.41) is 2.08. The van der Waals surface area contributed by atoms with Gasteiger partial charge in [0.15, 0.2) is 0 Å². The highest BCUT2D eigenvalue weighted by Gasteiger charge is 1.83. The van der Waals surface area contributed by atoms with Crippen LogP contribution in [0.1, 0.15) is 7.43 Å². The van der Waals surface area contributed by atoms with E-state index in [-0.39, 0.29) is 7.43 Å². The van der Waals surface area contributed by atoms with Crippen molar-refractivity contribution in [2.24, 2.45) is 0 Å². The number of quaternary nitrogens is 1. The lowest BCUT2D eigenvalue weighted by molar-refractivity contribution is -0.539. The molecule has 0 amide bonds. The van der Waals surface area contributed by atoms with Crippen molar-refractivity contribution in [2.45, 2.75) is 7.43 Å². The highest BCUT2D eigenvalue weighted by Crippen LogP contribution is 1.94. The maximum Gasteiger partial charge on any atom is 0.129 e. The summed E-state index contributed by atoms with van der Waals surface area (Å²) in [6, 6.07) is 10.3. The van der Waals surface area contributed by atoms with Crippen LogP contribution in [0.15, 0.2) is 30.3 Å². The van der Waals surface area contributed by atoms with Gasteiger partial charge in [-0.3, -0.25) is 0 Å². The van der Waals surface area contributed by atoms with E-state index in [1.165, 1.54) is 5.69 Å². The predicted octanol–water partition coefficient (Wildman–Crippen LogP) is 1.15. The summed E-state index contributed by atoms with van der Waals surface area (Å²) in [6.07, 6.45) is 0. The molecule has 2 N–H and O–H groups in total. The molecule has 50 valence electrons. The summed E-state index contributed by atoms with van der Waals surface area (Å²) >= 11 is 0. The molecule has 0 aliphatic rings. The predicted molar refractivity (Wildman–Crippen MR) is 40.7 cm³/mol. The van der Waals surface area contributed by atoms with Crippen molar-refractivity contribution >= 4 is 5.69 Å². The van der Waals surface area contributed by atoms with Gasteiger partial charge in [-0.1, -0.05) is 25.6 Å². The van der Waals surface area contributed by atoms with E-state index in [0.29, 0.717) is 0 Å². The first-order valence-electron chi connectivity index (χ1n) is 2.78. The number of para-hydroxylation sites is 1. The smallest absolute Gasteiger partial charge is 0.129 e. The van der Waals surface area contributed by atoms with Gasteiger partial charge in [0.25, 0.3) is 0 Å². The minimum atomic E-state index is 0. The standard InChI is InChI=1S/C7H9N.CH4/c1-8-7-5-3-2-4-6-7;/h2-6,8H,1H3;1H4/p+1. The fourth-order valence-electron chi connectivity index (χ4n) is 0.645. The Balaban J connectivity index is 0.000000640. The molecule has 1 aromatic rings. The zero-order valence-corrected chi connectivity index (χ0v) is 4.96. The second-order valence-corrected chi connectivity index (χ2v) is 1.70. The first-order valence-corrected chi connectivity index (χ1v) is 2.78. The van der Waals surface area contributed by atoms with Crippen molar-refractivity contribution in [2.75, 3.05) is 7.05 Å². The number of hydrogen-bond acceptors (Lipinski definition) is 0. The number of rotatable bonds is 1. The molecule has 0 heterocycles. The third-order valence-corrected chi connectivity index (χ3v) is 1.13. The van der Waals surface area contributed by atoms with Crippen molar-refractivity contribution in [3.63, 3.8) is 0 Å². The zero-order chi connectivity index (χ0) is 5.82. The lowest BCUT2D eigenvalue weighted by Crippen LogP contribution is -2.72. The summed E-state index contributed by atoms with van der Waals surface area (Å²) in [5.41, 5.74) is 1.28. The van der Waals surface area contributed by atoms with Gasteiger partial charge in [0.1, 0.15) is 5.69 Å². The van der Waals surface area contributed by atoms with Gasteiger partial charge < -0.3 is 5.32 Å². The van der Waals surface area contributed by atoms with Crippen LogP contribution < -0.4 is 5.32 Å². The molecule has 1 aromatic carbocycles. The molecule has 0 atom stereocenters. The Morgan fingerprint density at radius 1 is 1.11 bits per heavy atom. The Morgan fingerprint density at radius 2 is 1.67 bits per heavy atom. The molecule has 0 aromatic heterocycles. The Morgan fingerprint density at radius 3 is 2.00 bits per heavy atom. The average Bonchev–Trinajstić information content (AvgIpc) is 1.90. The number of nitrogens with two attached hydrogens (primary N) is 1. The molecule has 0 fully saturated rings. The van der Waals surface area contributed by atoms with Crippen molar-refractivity contribution in [3.8, 4) is 0 Å². The largest absolute Gasteiger partial charge is 0.316 e.